The van der Waals surface area contributed by atoms with Gasteiger partial charge in [0.2, 0.25) is 6.29 Å². The molecule has 0 aromatic heterocycles. The van der Waals surface area contributed by atoms with Crippen molar-refractivity contribution in [3.05, 3.63) is 28.2 Å². The summed E-state index contributed by atoms with van der Waals surface area (Å²) < 4.78 is 12.2. The fraction of sp³-hybridized carbons (Fsp3) is 0.400. The maximum absolute atomic E-state index is 5.68. The van der Waals surface area contributed by atoms with Crippen LogP contribution in [0.5, 0.6) is 5.75 Å². The van der Waals surface area contributed by atoms with Crippen LogP contribution in [-0.4, -0.2) is 19.4 Å². The van der Waals surface area contributed by atoms with E-state index in [1.165, 1.54) is 5.56 Å². The van der Waals surface area contributed by atoms with Gasteiger partial charge in [-0.15, -0.1) is 0 Å². The van der Waals surface area contributed by atoms with E-state index in [-0.39, 0.29) is 12.3 Å². The van der Waals surface area contributed by atoms with Crippen molar-refractivity contribution in [3.8, 4) is 5.75 Å². The van der Waals surface area contributed by atoms with E-state index in [9.17, 15) is 0 Å². The summed E-state index contributed by atoms with van der Waals surface area (Å²) >= 11 is 3.42. The van der Waals surface area contributed by atoms with Crippen LogP contribution in [0.15, 0.2) is 22.7 Å². The van der Waals surface area contributed by atoms with Crippen LogP contribution in [0.4, 0.5) is 0 Å². The number of fused-ring (bicyclic) bond motifs is 3. The summed E-state index contributed by atoms with van der Waals surface area (Å²) in [6.45, 7) is 1.61. The van der Waals surface area contributed by atoms with Crippen LogP contribution in [0, 0.1) is 0 Å². The molecule has 0 radical (unpaired) electrons. The number of halogens is 1. The van der Waals surface area contributed by atoms with Crippen LogP contribution in [0.3, 0.4) is 0 Å². The molecular formula is C10H10BrNO2. The van der Waals surface area contributed by atoms with E-state index < -0.39 is 0 Å². The Labute approximate surface area is 90.5 Å². The Hall–Kier alpha value is -0.580. The van der Waals surface area contributed by atoms with Gasteiger partial charge in [-0.3, -0.25) is 0 Å². The molecule has 2 aliphatic heterocycles. The molecule has 2 atom stereocenters. The van der Waals surface area contributed by atoms with Gasteiger partial charge in [-0.25, -0.2) is 0 Å². The molecule has 2 heterocycles. The molecule has 0 amide bonds. The molecule has 2 aliphatic rings. The molecule has 1 saturated heterocycles. The van der Waals surface area contributed by atoms with E-state index in [4.69, 9.17) is 9.47 Å². The molecular weight excluding hydrogens is 246 g/mol. The third kappa shape index (κ3) is 1.26. The number of hydrogen-bond acceptors (Lipinski definition) is 3. The van der Waals surface area contributed by atoms with E-state index in [0.717, 1.165) is 23.4 Å². The molecule has 0 unspecified atom stereocenters. The highest BCUT2D eigenvalue weighted by Gasteiger charge is 2.36. The largest absolute Gasteiger partial charge is 0.462 e. The molecule has 0 aliphatic carbocycles. The Balaban J connectivity index is 2.01. The van der Waals surface area contributed by atoms with Crippen LogP contribution in [-0.2, 0) is 4.74 Å². The van der Waals surface area contributed by atoms with Gasteiger partial charge >= 0.3 is 0 Å². The van der Waals surface area contributed by atoms with Crippen LogP contribution < -0.4 is 10.1 Å². The van der Waals surface area contributed by atoms with Gasteiger partial charge in [0.15, 0.2) is 0 Å². The second kappa shape index (κ2) is 3.22. The smallest absolute Gasteiger partial charge is 0.219 e. The predicted octanol–water partition coefficient (Wildman–Crippen LogP) is 1.83. The monoisotopic (exact) mass is 255 g/mol. The molecule has 3 rings (SSSR count). The van der Waals surface area contributed by atoms with Crippen molar-refractivity contribution in [3.63, 3.8) is 0 Å². The van der Waals surface area contributed by atoms with Gasteiger partial charge in [0, 0.05) is 16.6 Å². The lowest BCUT2D eigenvalue weighted by Crippen LogP contribution is -2.41. The van der Waals surface area contributed by atoms with Crippen LogP contribution in [0.1, 0.15) is 11.6 Å². The number of benzene rings is 1. The lowest BCUT2D eigenvalue weighted by atomic mass is 10.1. The summed E-state index contributed by atoms with van der Waals surface area (Å²) in [7, 11) is 0. The highest BCUT2D eigenvalue weighted by molar-refractivity contribution is 9.10. The zero-order chi connectivity index (χ0) is 9.54. The zero-order valence-electron chi connectivity index (χ0n) is 7.50. The van der Waals surface area contributed by atoms with Gasteiger partial charge < -0.3 is 14.8 Å². The first kappa shape index (κ1) is 8.71. The summed E-state index contributed by atoms with van der Waals surface area (Å²) in [6.07, 6.45) is -0.145. The second-order valence-electron chi connectivity index (χ2n) is 3.47. The minimum atomic E-state index is -0.145. The molecule has 14 heavy (non-hydrogen) atoms. The van der Waals surface area contributed by atoms with Crippen molar-refractivity contribution in [1.29, 1.82) is 0 Å². The molecule has 0 bridgehead atoms. The molecule has 1 fully saturated rings. The summed E-state index contributed by atoms with van der Waals surface area (Å²) in [5.74, 6) is 0.920. The normalized spacial score (nSPS) is 29.2. The van der Waals surface area contributed by atoms with Crippen LogP contribution >= 0.6 is 15.9 Å². The number of morpholine rings is 1. The topological polar surface area (TPSA) is 30.5 Å². The van der Waals surface area contributed by atoms with E-state index in [0.29, 0.717) is 0 Å². The standard InChI is InChI=1S/C10H10BrNO2/c11-6-1-2-7-8(5-6)14-10-9(7)12-3-4-13-10/h1-2,5,9-10,12H,3-4H2/t9-,10+/m0/s1. The van der Waals surface area contributed by atoms with Gasteiger partial charge in [-0.1, -0.05) is 22.0 Å². The maximum atomic E-state index is 5.68. The average Bonchev–Trinajstić information content (AvgIpc) is 2.54. The van der Waals surface area contributed by atoms with Crippen molar-refractivity contribution < 1.29 is 9.47 Å². The van der Waals surface area contributed by atoms with Crippen molar-refractivity contribution in [2.24, 2.45) is 0 Å². The molecule has 0 saturated carbocycles. The first-order valence-electron chi connectivity index (χ1n) is 4.66. The fourth-order valence-corrected chi connectivity index (χ4v) is 2.27. The van der Waals surface area contributed by atoms with Crippen molar-refractivity contribution in [2.45, 2.75) is 12.3 Å². The Kier molecular flexibility index (Phi) is 2.00. The maximum Gasteiger partial charge on any atom is 0.219 e. The lowest BCUT2D eigenvalue weighted by molar-refractivity contribution is -0.107. The van der Waals surface area contributed by atoms with Gasteiger partial charge in [-0.2, -0.15) is 0 Å². The molecule has 3 nitrogen and oxygen atoms in total. The number of nitrogens with one attached hydrogen (secondary N) is 1. The first-order chi connectivity index (χ1) is 6.84. The van der Waals surface area contributed by atoms with Gasteiger partial charge in [-0.05, 0) is 12.1 Å². The van der Waals surface area contributed by atoms with Crippen molar-refractivity contribution >= 4 is 15.9 Å². The first-order valence-corrected chi connectivity index (χ1v) is 5.45. The van der Waals surface area contributed by atoms with Gasteiger partial charge in [0.25, 0.3) is 0 Å². The lowest BCUT2D eigenvalue weighted by Gasteiger charge is -2.25. The third-order valence-corrected chi connectivity index (χ3v) is 3.07. The number of hydrogen-bond donors (Lipinski definition) is 1. The Morgan fingerprint density at radius 3 is 3.29 bits per heavy atom. The summed E-state index contributed by atoms with van der Waals surface area (Å²) in [5, 5.41) is 3.39. The minimum absolute atomic E-state index is 0.145. The van der Waals surface area contributed by atoms with E-state index in [1.807, 2.05) is 12.1 Å². The Bertz CT molecular complexity index is 369. The quantitative estimate of drug-likeness (QED) is 0.768. The molecule has 1 aromatic carbocycles. The minimum Gasteiger partial charge on any atom is -0.462 e. The zero-order valence-corrected chi connectivity index (χ0v) is 9.08. The van der Waals surface area contributed by atoms with Gasteiger partial charge in [0.1, 0.15) is 5.75 Å². The second-order valence-corrected chi connectivity index (χ2v) is 4.39. The molecule has 74 valence electrons. The SMILES string of the molecule is Brc1ccc2c(c1)O[C@H]1OCCN[C@@H]21. The Morgan fingerprint density at radius 2 is 2.36 bits per heavy atom. The summed E-state index contributed by atoms with van der Waals surface area (Å²) in [5.41, 5.74) is 1.19. The highest BCUT2D eigenvalue weighted by atomic mass is 79.9. The van der Waals surface area contributed by atoms with E-state index in [1.54, 1.807) is 0 Å². The van der Waals surface area contributed by atoms with E-state index in [2.05, 4.69) is 27.3 Å². The van der Waals surface area contributed by atoms with Gasteiger partial charge in [0.05, 0.1) is 12.6 Å². The number of rotatable bonds is 0. The Morgan fingerprint density at radius 1 is 1.43 bits per heavy atom. The molecule has 1 N–H and O–H groups in total. The van der Waals surface area contributed by atoms with Crippen LogP contribution in [0.2, 0.25) is 0 Å². The molecule has 0 spiro atoms. The van der Waals surface area contributed by atoms with Crippen LogP contribution in [0.25, 0.3) is 0 Å². The summed E-state index contributed by atoms with van der Waals surface area (Å²) in [4.78, 5) is 0. The third-order valence-electron chi connectivity index (χ3n) is 2.57. The average molecular weight is 256 g/mol. The number of ether oxygens (including phenoxy) is 2. The molecule has 4 heteroatoms. The van der Waals surface area contributed by atoms with Crippen molar-refractivity contribution in [1.82, 2.24) is 5.32 Å². The van der Waals surface area contributed by atoms with Crippen molar-refractivity contribution in [2.75, 3.05) is 13.2 Å². The highest BCUT2D eigenvalue weighted by Crippen LogP contribution is 2.39. The predicted molar refractivity (Wildman–Crippen MR) is 55.3 cm³/mol. The van der Waals surface area contributed by atoms with E-state index >= 15 is 0 Å². The summed E-state index contributed by atoms with van der Waals surface area (Å²) in [6, 6.07) is 6.29. The molecule has 1 aromatic rings. The fourth-order valence-electron chi connectivity index (χ4n) is 1.93.